The molecule has 1 heterocycles. The van der Waals surface area contributed by atoms with Crippen molar-refractivity contribution < 1.29 is 14.7 Å². The predicted octanol–water partition coefficient (Wildman–Crippen LogP) is 2.77. The molecule has 1 aliphatic carbocycles. The van der Waals surface area contributed by atoms with Gasteiger partial charge in [-0.2, -0.15) is 0 Å². The van der Waals surface area contributed by atoms with E-state index in [1.54, 1.807) is 17.0 Å². The SMILES string of the molecule is CCCc1cc(C(=O)N(CCC(=O)O)C2CC2)cc(Cl)n1. The van der Waals surface area contributed by atoms with Crippen LogP contribution in [0.25, 0.3) is 0 Å². The highest BCUT2D eigenvalue weighted by Crippen LogP contribution is 2.29. The van der Waals surface area contributed by atoms with Crippen LogP contribution in [-0.2, 0) is 11.2 Å². The summed E-state index contributed by atoms with van der Waals surface area (Å²) in [5, 5.41) is 9.11. The number of carbonyl (C=O) groups excluding carboxylic acids is 1. The molecule has 0 aromatic carbocycles. The second kappa shape index (κ2) is 6.89. The van der Waals surface area contributed by atoms with E-state index in [2.05, 4.69) is 4.98 Å². The van der Waals surface area contributed by atoms with Crippen molar-refractivity contribution in [2.75, 3.05) is 6.54 Å². The summed E-state index contributed by atoms with van der Waals surface area (Å²) >= 11 is 5.98. The zero-order chi connectivity index (χ0) is 15.4. The van der Waals surface area contributed by atoms with Gasteiger partial charge in [-0.25, -0.2) is 4.98 Å². The molecule has 1 amide bonds. The van der Waals surface area contributed by atoms with E-state index in [-0.39, 0.29) is 24.9 Å². The van der Waals surface area contributed by atoms with E-state index in [9.17, 15) is 9.59 Å². The fourth-order valence-corrected chi connectivity index (χ4v) is 2.50. The van der Waals surface area contributed by atoms with Crippen molar-refractivity contribution in [1.29, 1.82) is 0 Å². The summed E-state index contributed by atoms with van der Waals surface area (Å²) in [6, 6.07) is 3.48. The molecule has 1 fully saturated rings. The lowest BCUT2D eigenvalue weighted by molar-refractivity contribution is -0.137. The number of pyridine rings is 1. The number of aromatic nitrogens is 1. The number of halogens is 1. The van der Waals surface area contributed by atoms with E-state index in [1.165, 1.54) is 0 Å². The third-order valence-electron chi connectivity index (χ3n) is 3.42. The molecule has 0 radical (unpaired) electrons. The fourth-order valence-electron chi connectivity index (χ4n) is 2.28. The van der Waals surface area contributed by atoms with Crippen molar-refractivity contribution >= 4 is 23.5 Å². The standard InChI is InChI=1S/C15H19ClN2O3/c1-2-3-11-8-10(9-13(16)17-11)15(21)18(12-4-5-12)7-6-14(19)20/h8-9,12H,2-7H2,1H3,(H,19,20). The Morgan fingerprint density at radius 2 is 2.14 bits per heavy atom. The Balaban J connectivity index is 2.17. The second-order valence-electron chi connectivity index (χ2n) is 5.29. The summed E-state index contributed by atoms with van der Waals surface area (Å²) < 4.78 is 0. The second-order valence-corrected chi connectivity index (χ2v) is 5.68. The van der Waals surface area contributed by atoms with E-state index < -0.39 is 5.97 Å². The van der Waals surface area contributed by atoms with Gasteiger partial charge in [0, 0.05) is 23.8 Å². The molecule has 1 aromatic rings. The van der Waals surface area contributed by atoms with Crippen molar-refractivity contribution in [3.8, 4) is 0 Å². The summed E-state index contributed by atoms with van der Waals surface area (Å²) in [5.74, 6) is -1.05. The summed E-state index contributed by atoms with van der Waals surface area (Å²) in [6.45, 7) is 2.27. The monoisotopic (exact) mass is 310 g/mol. The molecule has 1 saturated carbocycles. The lowest BCUT2D eigenvalue weighted by Crippen LogP contribution is -2.35. The van der Waals surface area contributed by atoms with Crippen molar-refractivity contribution in [3.63, 3.8) is 0 Å². The van der Waals surface area contributed by atoms with Crippen LogP contribution in [0.15, 0.2) is 12.1 Å². The molecule has 1 N–H and O–H groups in total. The first kappa shape index (κ1) is 15.8. The van der Waals surface area contributed by atoms with Gasteiger partial charge in [0.2, 0.25) is 0 Å². The van der Waals surface area contributed by atoms with Crippen LogP contribution in [-0.4, -0.2) is 39.5 Å². The van der Waals surface area contributed by atoms with Gasteiger partial charge < -0.3 is 10.0 Å². The van der Waals surface area contributed by atoms with Gasteiger partial charge in [-0.05, 0) is 31.4 Å². The summed E-state index contributed by atoms with van der Waals surface area (Å²) in [5.41, 5.74) is 1.29. The van der Waals surface area contributed by atoms with Gasteiger partial charge in [0.05, 0.1) is 6.42 Å². The van der Waals surface area contributed by atoms with Crippen molar-refractivity contribution in [1.82, 2.24) is 9.88 Å². The molecule has 0 unspecified atom stereocenters. The number of rotatable bonds is 7. The smallest absolute Gasteiger partial charge is 0.305 e. The average Bonchev–Trinajstić information content (AvgIpc) is 3.22. The Labute approximate surface area is 128 Å². The maximum atomic E-state index is 12.6. The molecule has 1 aromatic heterocycles. The Morgan fingerprint density at radius 1 is 1.43 bits per heavy atom. The van der Waals surface area contributed by atoms with Gasteiger partial charge in [0.15, 0.2) is 0 Å². The molecule has 21 heavy (non-hydrogen) atoms. The Morgan fingerprint density at radius 3 is 2.71 bits per heavy atom. The molecule has 1 aliphatic rings. The lowest BCUT2D eigenvalue weighted by atomic mass is 10.1. The Hall–Kier alpha value is -1.62. The Kier molecular flexibility index (Phi) is 5.17. The van der Waals surface area contributed by atoms with Gasteiger partial charge in [-0.3, -0.25) is 9.59 Å². The molecule has 114 valence electrons. The molecule has 0 spiro atoms. The highest BCUT2D eigenvalue weighted by atomic mass is 35.5. The third kappa shape index (κ3) is 4.43. The summed E-state index contributed by atoms with van der Waals surface area (Å²) in [7, 11) is 0. The number of carboxylic acids is 1. The van der Waals surface area contributed by atoms with Crippen LogP contribution < -0.4 is 0 Å². The van der Waals surface area contributed by atoms with E-state index in [0.29, 0.717) is 10.7 Å². The lowest BCUT2D eigenvalue weighted by Gasteiger charge is -2.22. The van der Waals surface area contributed by atoms with Gasteiger partial charge in [0.1, 0.15) is 5.15 Å². The maximum absolute atomic E-state index is 12.6. The molecular weight excluding hydrogens is 292 g/mol. The van der Waals surface area contributed by atoms with Crippen LogP contribution in [0.3, 0.4) is 0 Å². The number of carbonyl (C=O) groups is 2. The molecular formula is C15H19ClN2O3. The van der Waals surface area contributed by atoms with Crippen molar-refractivity contribution in [2.24, 2.45) is 0 Å². The van der Waals surface area contributed by atoms with Gasteiger partial charge in [0.25, 0.3) is 5.91 Å². The number of carboxylic acid groups (broad SMARTS) is 1. The number of aliphatic carboxylic acids is 1. The first-order valence-electron chi connectivity index (χ1n) is 7.20. The maximum Gasteiger partial charge on any atom is 0.305 e. The summed E-state index contributed by atoms with van der Waals surface area (Å²) in [4.78, 5) is 29.2. The first-order valence-corrected chi connectivity index (χ1v) is 7.58. The van der Waals surface area contributed by atoms with Crippen LogP contribution in [0.5, 0.6) is 0 Å². The van der Waals surface area contributed by atoms with Crippen LogP contribution in [0.1, 0.15) is 48.7 Å². The highest BCUT2D eigenvalue weighted by Gasteiger charge is 2.33. The Bertz CT molecular complexity index is 544. The number of nitrogens with zero attached hydrogens (tertiary/aromatic N) is 2. The zero-order valence-electron chi connectivity index (χ0n) is 12.0. The largest absolute Gasteiger partial charge is 0.481 e. The van der Waals surface area contributed by atoms with Crippen molar-refractivity contribution in [2.45, 2.75) is 45.1 Å². The van der Waals surface area contributed by atoms with E-state index >= 15 is 0 Å². The van der Waals surface area contributed by atoms with Crippen LogP contribution in [0.2, 0.25) is 5.15 Å². The minimum atomic E-state index is -0.895. The quantitative estimate of drug-likeness (QED) is 0.786. The zero-order valence-corrected chi connectivity index (χ0v) is 12.8. The van der Waals surface area contributed by atoms with Gasteiger partial charge in [-0.15, -0.1) is 0 Å². The number of hydrogen-bond acceptors (Lipinski definition) is 3. The summed E-state index contributed by atoms with van der Waals surface area (Å²) in [6.07, 6.45) is 3.52. The average molecular weight is 311 g/mol. The topological polar surface area (TPSA) is 70.5 Å². The highest BCUT2D eigenvalue weighted by molar-refractivity contribution is 6.29. The van der Waals surface area contributed by atoms with E-state index in [0.717, 1.165) is 31.4 Å². The number of hydrogen-bond donors (Lipinski definition) is 1. The van der Waals surface area contributed by atoms with E-state index in [4.69, 9.17) is 16.7 Å². The fraction of sp³-hybridized carbons (Fsp3) is 0.533. The molecule has 6 heteroatoms. The van der Waals surface area contributed by atoms with E-state index in [1.807, 2.05) is 6.92 Å². The molecule has 5 nitrogen and oxygen atoms in total. The number of aryl methyl sites for hydroxylation is 1. The molecule has 2 rings (SSSR count). The molecule has 0 aliphatic heterocycles. The van der Waals surface area contributed by atoms with Gasteiger partial charge >= 0.3 is 5.97 Å². The molecule has 0 atom stereocenters. The molecule has 0 bridgehead atoms. The normalized spacial score (nSPS) is 14.0. The van der Waals surface area contributed by atoms with Crippen LogP contribution in [0.4, 0.5) is 0 Å². The van der Waals surface area contributed by atoms with Crippen LogP contribution >= 0.6 is 11.6 Å². The minimum Gasteiger partial charge on any atom is -0.481 e. The number of amides is 1. The first-order chi connectivity index (χ1) is 10.0. The third-order valence-corrected chi connectivity index (χ3v) is 3.61. The molecule has 0 saturated heterocycles. The minimum absolute atomic E-state index is 0.0388. The van der Waals surface area contributed by atoms with Gasteiger partial charge in [-0.1, -0.05) is 24.9 Å². The van der Waals surface area contributed by atoms with Crippen LogP contribution in [0, 0.1) is 0 Å². The van der Waals surface area contributed by atoms with Crippen molar-refractivity contribution in [3.05, 3.63) is 28.5 Å². The predicted molar refractivity (Wildman–Crippen MR) is 79.6 cm³/mol.